The van der Waals surface area contributed by atoms with Gasteiger partial charge in [0.1, 0.15) is 0 Å². The van der Waals surface area contributed by atoms with Gasteiger partial charge in [0.15, 0.2) is 0 Å². The lowest BCUT2D eigenvalue weighted by molar-refractivity contribution is -0.136. The fourth-order valence-electron chi connectivity index (χ4n) is 5.95. The highest BCUT2D eigenvalue weighted by molar-refractivity contribution is 5.66. The molecular weight excluding hydrogens is 376 g/mol. The van der Waals surface area contributed by atoms with Crippen LogP contribution >= 0.6 is 0 Å². The molecule has 30 heavy (non-hydrogen) atoms. The van der Waals surface area contributed by atoms with Gasteiger partial charge in [-0.2, -0.15) is 0 Å². The van der Waals surface area contributed by atoms with Crippen LogP contribution in [0.1, 0.15) is 82.7 Å². The van der Waals surface area contributed by atoms with E-state index in [2.05, 4.69) is 21.8 Å². The highest BCUT2D eigenvalue weighted by Gasteiger charge is 2.48. The molecule has 0 amide bonds. The van der Waals surface area contributed by atoms with E-state index in [4.69, 9.17) is 9.84 Å². The lowest BCUT2D eigenvalue weighted by Gasteiger charge is -2.27. The summed E-state index contributed by atoms with van der Waals surface area (Å²) in [5.41, 5.74) is 1.24. The molecule has 2 bridgehead atoms. The summed E-state index contributed by atoms with van der Waals surface area (Å²) < 4.78 is 8.53. The van der Waals surface area contributed by atoms with Gasteiger partial charge < -0.3 is 14.4 Å². The highest BCUT2D eigenvalue weighted by Crippen LogP contribution is 2.45. The fourth-order valence-corrected chi connectivity index (χ4v) is 5.95. The summed E-state index contributed by atoms with van der Waals surface area (Å²) in [4.78, 5) is 15.3. The number of hydrogen-bond acceptors (Lipinski definition) is 3. The zero-order valence-electron chi connectivity index (χ0n) is 18.3. The number of imidazole rings is 1. The van der Waals surface area contributed by atoms with Gasteiger partial charge in [-0.15, -0.1) is 0 Å². The third-order valence-corrected chi connectivity index (χ3v) is 7.57. The van der Waals surface area contributed by atoms with Crippen molar-refractivity contribution in [1.29, 1.82) is 0 Å². The van der Waals surface area contributed by atoms with Crippen LogP contribution in [0.2, 0.25) is 0 Å². The van der Waals surface area contributed by atoms with Gasteiger partial charge in [0.05, 0.1) is 24.2 Å². The van der Waals surface area contributed by atoms with Crippen LogP contribution in [0.3, 0.4) is 0 Å². The maximum Gasteiger partial charge on any atom is 0.303 e. The van der Waals surface area contributed by atoms with Crippen LogP contribution in [0.4, 0.5) is 0 Å². The summed E-state index contributed by atoms with van der Waals surface area (Å²) in [6, 6.07) is 0. The molecule has 3 fully saturated rings. The number of carboxylic acid groups (broad SMARTS) is 1. The molecule has 0 radical (unpaired) electrons. The van der Waals surface area contributed by atoms with E-state index in [1.54, 1.807) is 0 Å². The molecular formula is C25H38N2O3. The summed E-state index contributed by atoms with van der Waals surface area (Å²) in [6.07, 6.45) is 24.3. The quantitative estimate of drug-likeness (QED) is 0.493. The molecule has 5 heteroatoms. The molecule has 0 aromatic carbocycles. The number of aromatic nitrogens is 2. The van der Waals surface area contributed by atoms with Crippen molar-refractivity contribution in [3.05, 3.63) is 30.4 Å². The molecule has 1 aromatic rings. The Balaban J connectivity index is 1.24. The normalized spacial score (nSPS) is 29.2. The lowest BCUT2D eigenvalue weighted by atomic mass is 9.77. The number of rotatable bonds is 11. The second-order valence-corrected chi connectivity index (χ2v) is 9.72. The number of carbonyl (C=O) groups is 1. The molecule has 1 N–H and O–H groups in total. The summed E-state index contributed by atoms with van der Waals surface area (Å²) >= 11 is 0. The molecule has 0 spiro atoms. The monoisotopic (exact) mass is 414 g/mol. The Morgan fingerprint density at radius 2 is 1.93 bits per heavy atom. The number of hydrogen-bond donors (Lipinski definition) is 1. The largest absolute Gasteiger partial charge is 0.481 e. The summed E-state index contributed by atoms with van der Waals surface area (Å²) in [5, 5.41) is 8.78. The van der Waals surface area contributed by atoms with Crippen LogP contribution in [0.5, 0.6) is 0 Å². The zero-order chi connectivity index (χ0) is 20.8. The van der Waals surface area contributed by atoms with E-state index in [0.717, 1.165) is 25.3 Å². The Labute approximate surface area is 180 Å². The third-order valence-electron chi connectivity index (χ3n) is 7.57. The Bertz CT molecular complexity index is 707. The second-order valence-electron chi connectivity index (χ2n) is 9.72. The lowest BCUT2D eigenvalue weighted by Crippen LogP contribution is -2.30. The predicted octanol–water partition coefficient (Wildman–Crippen LogP) is 5.39. The number of aliphatic carboxylic acids is 1. The number of nitrogens with zero attached hydrogens (tertiary/aromatic N) is 2. The fraction of sp³-hybridized carbons (Fsp3) is 0.760. The first-order valence-corrected chi connectivity index (χ1v) is 12.2. The van der Waals surface area contributed by atoms with Crippen LogP contribution in [-0.4, -0.2) is 32.8 Å². The van der Waals surface area contributed by atoms with E-state index < -0.39 is 5.97 Å². The Morgan fingerprint density at radius 1 is 1.13 bits per heavy atom. The van der Waals surface area contributed by atoms with E-state index in [-0.39, 0.29) is 6.42 Å². The van der Waals surface area contributed by atoms with E-state index >= 15 is 0 Å². The minimum Gasteiger partial charge on any atom is -0.481 e. The van der Waals surface area contributed by atoms with Gasteiger partial charge >= 0.3 is 5.97 Å². The standard InChI is InChI=1S/C25H38N2O3/c28-25(29)13-6-2-5-12-21-22(24-15-14-23(21)30-24)17-27-16-20(26-18-27)11-7-10-19-8-3-1-4-9-19/h2,5,16,18-19,21-24H,1,3-4,6-15,17H2,(H,28,29)/b5-2-. The van der Waals surface area contributed by atoms with Gasteiger partial charge in [-0.25, -0.2) is 4.98 Å². The van der Waals surface area contributed by atoms with Gasteiger partial charge in [0.2, 0.25) is 0 Å². The number of aryl methyl sites for hydroxylation is 1. The second kappa shape index (κ2) is 10.6. The van der Waals surface area contributed by atoms with Crippen LogP contribution in [-0.2, 0) is 22.5 Å². The number of ether oxygens (including phenoxy) is 1. The first-order valence-electron chi connectivity index (χ1n) is 12.2. The minimum atomic E-state index is -0.726. The Morgan fingerprint density at radius 3 is 2.73 bits per heavy atom. The summed E-state index contributed by atoms with van der Waals surface area (Å²) in [5.74, 6) is 1.31. The van der Waals surface area contributed by atoms with Crippen molar-refractivity contribution in [2.75, 3.05) is 0 Å². The topological polar surface area (TPSA) is 64.3 Å². The highest BCUT2D eigenvalue weighted by atomic mass is 16.5. The van der Waals surface area contributed by atoms with Crippen LogP contribution < -0.4 is 0 Å². The number of carboxylic acids is 1. The van der Waals surface area contributed by atoms with E-state index in [0.29, 0.717) is 30.5 Å². The maximum absolute atomic E-state index is 10.7. The SMILES string of the molecule is O=C(O)CC/C=C\CC1C2CCC(O2)C1Cn1cnc(CCCC2CCCCC2)c1. The van der Waals surface area contributed by atoms with Crippen molar-refractivity contribution in [3.8, 4) is 0 Å². The summed E-state index contributed by atoms with van der Waals surface area (Å²) in [6.45, 7) is 0.991. The average molecular weight is 415 g/mol. The van der Waals surface area contributed by atoms with E-state index in [1.807, 2.05) is 12.4 Å². The molecule has 4 unspecified atom stereocenters. The molecule has 4 rings (SSSR count). The van der Waals surface area contributed by atoms with Crippen LogP contribution in [0.15, 0.2) is 24.7 Å². The van der Waals surface area contributed by atoms with Crippen molar-refractivity contribution < 1.29 is 14.6 Å². The maximum atomic E-state index is 10.7. The molecule has 1 aromatic heterocycles. The molecule has 3 aliphatic rings. The number of fused-ring (bicyclic) bond motifs is 2. The predicted molar refractivity (Wildman–Crippen MR) is 117 cm³/mol. The molecule has 4 atom stereocenters. The van der Waals surface area contributed by atoms with Gasteiger partial charge in [0, 0.05) is 25.1 Å². The van der Waals surface area contributed by atoms with Crippen molar-refractivity contribution in [2.24, 2.45) is 17.8 Å². The van der Waals surface area contributed by atoms with Gasteiger partial charge in [-0.1, -0.05) is 50.7 Å². The van der Waals surface area contributed by atoms with Gasteiger partial charge in [0.25, 0.3) is 0 Å². The molecule has 3 heterocycles. The first-order chi connectivity index (χ1) is 14.7. The Hall–Kier alpha value is -1.62. The third kappa shape index (κ3) is 5.75. The molecule has 2 saturated heterocycles. The minimum absolute atomic E-state index is 0.214. The molecule has 166 valence electrons. The molecule has 1 aliphatic carbocycles. The zero-order valence-corrected chi connectivity index (χ0v) is 18.3. The Kier molecular flexibility index (Phi) is 7.64. The van der Waals surface area contributed by atoms with Gasteiger partial charge in [-0.3, -0.25) is 4.79 Å². The molecule has 1 saturated carbocycles. The molecule has 5 nitrogen and oxygen atoms in total. The molecule has 2 aliphatic heterocycles. The van der Waals surface area contributed by atoms with E-state index in [9.17, 15) is 4.79 Å². The smallest absolute Gasteiger partial charge is 0.303 e. The van der Waals surface area contributed by atoms with Crippen molar-refractivity contribution in [3.63, 3.8) is 0 Å². The van der Waals surface area contributed by atoms with Gasteiger partial charge in [-0.05, 0) is 50.4 Å². The van der Waals surface area contributed by atoms with Crippen molar-refractivity contribution >= 4 is 5.97 Å². The van der Waals surface area contributed by atoms with Crippen molar-refractivity contribution in [1.82, 2.24) is 9.55 Å². The number of allylic oxidation sites excluding steroid dienone is 2. The first kappa shape index (κ1) is 21.6. The van der Waals surface area contributed by atoms with Crippen molar-refractivity contribution in [2.45, 2.75) is 102 Å². The van der Waals surface area contributed by atoms with Crippen LogP contribution in [0.25, 0.3) is 0 Å². The average Bonchev–Trinajstić information content (AvgIpc) is 3.46. The van der Waals surface area contributed by atoms with E-state index in [1.165, 1.54) is 63.5 Å². The van der Waals surface area contributed by atoms with Crippen LogP contribution in [0, 0.1) is 17.8 Å². The summed E-state index contributed by atoms with van der Waals surface area (Å²) in [7, 11) is 0.